The van der Waals surface area contributed by atoms with Gasteiger partial charge in [-0.25, -0.2) is 4.79 Å². The number of aryl methyl sites for hydroxylation is 1. The minimum atomic E-state index is -0.365. The maximum absolute atomic E-state index is 12.4. The standard InChI is InChI=1S/C18H19NO3/c1-13-5-4-6-16(11-13)17(20)19(2)12-14-7-9-15(10-8-14)18(21)22-3/h4-11H,12H2,1-3H3. The molecule has 22 heavy (non-hydrogen) atoms. The zero-order chi connectivity index (χ0) is 16.1. The van der Waals surface area contributed by atoms with Crippen LogP contribution < -0.4 is 0 Å². The van der Waals surface area contributed by atoms with Crippen molar-refractivity contribution < 1.29 is 14.3 Å². The van der Waals surface area contributed by atoms with Crippen LogP contribution >= 0.6 is 0 Å². The van der Waals surface area contributed by atoms with Crippen molar-refractivity contribution >= 4 is 11.9 Å². The summed E-state index contributed by atoms with van der Waals surface area (Å²) >= 11 is 0. The third-order valence-corrected chi connectivity index (χ3v) is 3.41. The Bertz CT molecular complexity index is 677. The number of esters is 1. The van der Waals surface area contributed by atoms with Gasteiger partial charge in [-0.2, -0.15) is 0 Å². The van der Waals surface area contributed by atoms with E-state index in [1.165, 1.54) is 7.11 Å². The highest BCUT2D eigenvalue weighted by molar-refractivity contribution is 5.94. The minimum Gasteiger partial charge on any atom is -0.465 e. The van der Waals surface area contributed by atoms with E-state index in [2.05, 4.69) is 4.74 Å². The summed E-state index contributed by atoms with van der Waals surface area (Å²) < 4.78 is 4.66. The van der Waals surface area contributed by atoms with E-state index in [-0.39, 0.29) is 11.9 Å². The lowest BCUT2D eigenvalue weighted by Crippen LogP contribution is -2.26. The van der Waals surface area contributed by atoms with Crippen molar-refractivity contribution in [1.82, 2.24) is 4.90 Å². The smallest absolute Gasteiger partial charge is 0.337 e. The first-order valence-electron chi connectivity index (χ1n) is 7.00. The van der Waals surface area contributed by atoms with Crippen molar-refractivity contribution in [2.45, 2.75) is 13.5 Å². The Morgan fingerprint density at radius 2 is 1.73 bits per heavy atom. The van der Waals surface area contributed by atoms with Crippen molar-refractivity contribution in [3.63, 3.8) is 0 Å². The molecule has 0 aliphatic carbocycles. The van der Waals surface area contributed by atoms with E-state index in [4.69, 9.17) is 0 Å². The molecule has 2 rings (SSSR count). The van der Waals surface area contributed by atoms with Crippen molar-refractivity contribution in [3.05, 3.63) is 70.8 Å². The van der Waals surface area contributed by atoms with Crippen LogP contribution in [0.4, 0.5) is 0 Å². The first kappa shape index (κ1) is 15.8. The highest BCUT2D eigenvalue weighted by Crippen LogP contribution is 2.11. The Labute approximate surface area is 130 Å². The first-order chi connectivity index (χ1) is 10.5. The number of rotatable bonds is 4. The molecule has 0 radical (unpaired) electrons. The molecule has 2 aromatic carbocycles. The van der Waals surface area contributed by atoms with Crippen molar-refractivity contribution in [1.29, 1.82) is 0 Å². The fourth-order valence-electron chi connectivity index (χ4n) is 2.21. The summed E-state index contributed by atoms with van der Waals surface area (Å²) in [6, 6.07) is 14.6. The van der Waals surface area contributed by atoms with Crippen LogP contribution in [0.2, 0.25) is 0 Å². The van der Waals surface area contributed by atoms with Crippen LogP contribution in [0.5, 0.6) is 0 Å². The highest BCUT2D eigenvalue weighted by atomic mass is 16.5. The van der Waals surface area contributed by atoms with Crippen LogP contribution in [0.15, 0.2) is 48.5 Å². The van der Waals surface area contributed by atoms with Gasteiger partial charge in [-0.05, 0) is 36.8 Å². The summed E-state index contributed by atoms with van der Waals surface area (Å²) in [5.74, 6) is -0.392. The molecule has 1 amide bonds. The lowest BCUT2D eigenvalue weighted by atomic mass is 10.1. The molecule has 0 aliphatic rings. The van der Waals surface area contributed by atoms with Gasteiger partial charge >= 0.3 is 5.97 Å². The van der Waals surface area contributed by atoms with E-state index in [9.17, 15) is 9.59 Å². The number of hydrogen-bond donors (Lipinski definition) is 0. The molecule has 0 bridgehead atoms. The SMILES string of the molecule is COC(=O)c1ccc(CN(C)C(=O)c2cccc(C)c2)cc1. The molecule has 0 aliphatic heterocycles. The third-order valence-electron chi connectivity index (χ3n) is 3.41. The zero-order valence-corrected chi connectivity index (χ0v) is 13.0. The molecule has 0 aromatic heterocycles. The maximum atomic E-state index is 12.4. The van der Waals surface area contributed by atoms with Gasteiger partial charge in [0, 0.05) is 19.2 Å². The van der Waals surface area contributed by atoms with Crippen molar-refractivity contribution in [2.75, 3.05) is 14.2 Å². The Morgan fingerprint density at radius 3 is 2.32 bits per heavy atom. The van der Waals surface area contributed by atoms with Gasteiger partial charge in [-0.1, -0.05) is 29.8 Å². The molecule has 4 nitrogen and oxygen atoms in total. The molecule has 0 saturated carbocycles. The average Bonchev–Trinajstić information content (AvgIpc) is 2.54. The number of ether oxygens (including phenoxy) is 1. The van der Waals surface area contributed by atoms with Crippen LogP contribution in [0.3, 0.4) is 0 Å². The second kappa shape index (κ2) is 6.89. The van der Waals surface area contributed by atoms with Crippen LogP contribution in [-0.2, 0) is 11.3 Å². The molecule has 0 heterocycles. The van der Waals surface area contributed by atoms with Gasteiger partial charge in [0.15, 0.2) is 0 Å². The van der Waals surface area contributed by atoms with Gasteiger partial charge in [-0.15, -0.1) is 0 Å². The number of hydrogen-bond acceptors (Lipinski definition) is 3. The van der Waals surface area contributed by atoms with E-state index in [0.717, 1.165) is 11.1 Å². The number of carbonyl (C=O) groups excluding carboxylic acids is 2. The Morgan fingerprint density at radius 1 is 1.05 bits per heavy atom. The van der Waals surface area contributed by atoms with Gasteiger partial charge in [0.1, 0.15) is 0 Å². The van der Waals surface area contributed by atoms with E-state index in [1.54, 1.807) is 24.1 Å². The van der Waals surface area contributed by atoms with E-state index >= 15 is 0 Å². The minimum absolute atomic E-state index is 0.0271. The number of nitrogens with zero attached hydrogens (tertiary/aromatic N) is 1. The molecule has 0 unspecified atom stereocenters. The maximum Gasteiger partial charge on any atom is 0.337 e. The summed E-state index contributed by atoms with van der Waals surface area (Å²) in [5, 5.41) is 0. The highest BCUT2D eigenvalue weighted by Gasteiger charge is 2.12. The molecule has 0 saturated heterocycles. The van der Waals surface area contributed by atoms with E-state index < -0.39 is 0 Å². The fourth-order valence-corrected chi connectivity index (χ4v) is 2.21. The molecule has 0 atom stereocenters. The second-order valence-corrected chi connectivity index (χ2v) is 5.22. The van der Waals surface area contributed by atoms with Crippen LogP contribution in [0.1, 0.15) is 31.8 Å². The molecule has 4 heteroatoms. The summed E-state index contributed by atoms with van der Waals surface area (Å²) in [7, 11) is 3.11. The summed E-state index contributed by atoms with van der Waals surface area (Å²) in [5.41, 5.74) is 3.19. The predicted octanol–water partition coefficient (Wildman–Crippen LogP) is 3.05. The van der Waals surface area contributed by atoms with Gasteiger partial charge < -0.3 is 9.64 Å². The van der Waals surface area contributed by atoms with Gasteiger partial charge in [0.2, 0.25) is 0 Å². The number of amides is 1. The Kier molecular flexibility index (Phi) is 4.94. The monoisotopic (exact) mass is 297 g/mol. The quantitative estimate of drug-likeness (QED) is 0.815. The number of benzene rings is 2. The normalized spacial score (nSPS) is 10.1. The van der Waals surface area contributed by atoms with Crippen LogP contribution in [0.25, 0.3) is 0 Å². The molecule has 0 N–H and O–H groups in total. The number of methoxy groups -OCH3 is 1. The topological polar surface area (TPSA) is 46.6 Å². The molecule has 0 fully saturated rings. The summed E-state index contributed by atoms with van der Waals surface area (Å²) in [6.07, 6.45) is 0. The fraction of sp³-hybridized carbons (Fsp3) is 0.222. The Hall–Kier alpha value is -2.62. The van der Waals surface area contributed by atoms with Crippen molar-refractivity contribution in [3.8, 4) is 0 Å². The van der Waals surface area contributed by atoms with Crippen LogP contribution in [0, 0.1) is 6.92 Å². The van der Waals surface area contributed by atoms with E-state index in [1.807, 2.05) is 43.3 Å². The number of carbonyl (C=O) groups is 2. The molecule has 0 spiro atoms. The van der Waals surface area contributed by atoms with Crippen molar-refractivity contribution in [2.24, 2.45) is 0 Å². The molecule has 114 valence electrons. The predicted molar refractivity (Wildman–Crippen MR) is 84.8 cm³/mol. The summed E-state index contributed by atoms with van der Waals surface area (Å²) in [4.78, 5) is 25.4. The van der Waals surface area contributed by atoms with Gasteiger partial charge in [0.25, 0.3) is 5.91 Å². The largest absolute Gasteiger partial charge is 0.465 e. The molecular formula is C18H19NO3. The zero-order valence-electron chi connectivity index (χ0n) is 13.0. The summed E-state index contributed by atoms with van der Waals surface area (Å²) in [6.45, 7) is 2.44. The third kappa shape index (κ3) is 3.73. The van der Waals surface area contributed by atoms with Gasteiger partial charge in [-0.3, -0.25) is 4.79 Å². The molecular weight excluding hydrogens is 278 g/mol. The van der Waals surface area contributed by atoms with E-state index in [0.29, 0.717) is 17.7 Å². The van der Waals surface area contributed by atoms with Crippen LogP contribution in [-0.4, -0.2) is 30.9 Å². The second-order valence-electron chi connectivity index (χ2n) is 5.22. The average molecular weight is 297 g/mol. The van der Waals surface area contributed by atoms with Gasteiger partial charge in [0.05, 0.1) is 12.7 Å². The Balaban J connectivity index is 2.06. The first-order valence-corrected chi connectivity index (χ1v) is 7.00. The molecule has 2 aromatic rings. The lowest BCUT2D eigenvalue weighted by molar-refractivity contribution is 0.0600. The lowest BCUT2D eigenvalue weighted by Gasteiger charge is -2.17.